The first-order valence-corrected chi connectivity index (χ1v) is 7.68. The molecule has 118 valence electrons. The van der Waals surface area contributed by atoms with Crippen molar-refractivity contribution < 1.29 is 4.79 Å². The summed E-state index contributed by atoms with van der Waals surface area (Å²) in [4.78, 5) is 28.5. The number of carbonyl (C=O) groups excluding carboxylic acids is 1. The third-order valence-electron chi connectivity index (χ3n) is 3.94. The summed E-state index contributed by atoms with van der Waals surface area (Å²) in [5.74, 6) is 0.363. The minimum atomic E-state index is -0.165. The number of anilines is 1. The molecular weight excluding hydrogens is 280 g/mol. The van der Waals surface area contributed by atoms with Crippen LogP contribution in [0.1, 0.15) is 39.3 Å². The first-order chi connectivity index (χ1) is 10.4. The lowest BCUT2D eigenvalue weighted by Crippen LogP contribution is -2.35. The van der Waals surface area contributed by atoms with Gasteiger partial charge in [-0.05, 0) is 25.9 Å². The maximum Gasteiger partial charge on any atom is 0.231 e. The van der Waals surface area contributed by atoms with E-state index >= 15 is 0 Å². The van der Waals surface area contributed by atoms with Gasteiger partial charge in [0.25, 0.3) is 0 Å². The van der Waals surface area contributed by atoms with Crippen molar-refractivity contribution in [3.8, 4) is 0 Å². The summed E-state index contributed by atoms with van der Waals surface area (Å²) >= 11 is 0. The number of nitrogens with zero attached hydrogens (tertiary/aromatic N) is 3. The Labute approximate surface area is 129 Å². The van der Waals surface area contributed by atoms with E-state index in [0.717, 1.165) is 37.1 Å². The van der Waals surface area contributed by atoms with Gasteiger partial charge < -0.3 is 10.3 Å². The maximum absolute atomic E-state index is 12.4. The normalized spacial score (nSPS) is 16.9. The summed E-state index contributed by atoms with van der Waals surface area (Å²) < 4.78 is 0. The predicted octanol–water partition coefficient (Wildman–Crippen LogP) is 1.59. The zero-order valence-corrected chi connectivity index (χ0v) is 13.2. The van der Waals surface area contributed by atoms with Crippen LogP contribution in [-0.2, 0) is 10.2 Å². The largest absolute Gasteiger partial charge is 0.342 e. The number of H-pyrrole nitrogens is 1. The second-order valence-corrected chi connectivity index (χ2v) is 6.76. The molecule has 2 aromatic heterocycles. The van der Waals surface area contributed by atoms with Gasteiger partial charge in [0.1, 0.15) is 5.52 Å². The van der Waals surface area contributed by atoms with Gasteiger partial charge in [0.2, 0.25) is 11.9 Å². The molecule has 3 N–H and O–H groups in total. The van der Waals surface area contributed by atoms with Gasteiger partial charge in [0.05, 0.1) is 12.0 Å². The number of amides is 1. The van der Waals surface area contributed by atoms with E-state index in [1.807, 2.05) is 0 Å². The fourth-order valence-corrected chi connectivity index (χ4v) is 2.73. The van der Waals surface area contributed by atoms with Crippen molar-refractivity contribution in [1.29, 1.82) is 0 Å². The standard InChI is InChI=1S/C15H22N6O/c1-15(2,3)11-10-12(18-8-17-10)20-14(19-11)21-13(22)9-4-6-16-7-5-9/h8-9,16H,4-7H2,1-3H3,(H2,17,18,19,20,21,22). The number of rotatable bonds is 2. The number of aromatic amines is 1. The molecule has 1 aliphatic heterocycles. The van der Waals surface area contributed by atoms with Gasteiger partial charge in [-0.15, -0.1) is 0 Å². The number of imidazole rings is 1. The highest BCUT2D eigenvalue weighted by molar-refractivity contribution is 5.91. The van der Waals surface area contributed by atoms with Gasteiger partial charge in [0, 0.05) is 11.3 Å². The topological polar surface area (TPSA) is 95.6 Å². The van der Waals surface area contributed by atoms with Crippen LogP contribution in [0.2, 0.25) is 0 Å². The van der Waals surface area contributed by atoms with Crippen molar-refractivity contribution in [3.05, 3.63) is 12.0 Å². The fraction of sp³-hybridized carbons (Fsp3) is 0.600. The molecule has 0 aromatic carbocycles. The first kappa shape index (κ1) is 14.9. The fourth-order valence-electron chi connectivity index (χ4n) is 2.73. The van der Waals surface area contributed by atoms with Crippen molar-refractivity contribution in [3.63, 3.8) is 0 Å². The summed E-state index contributed by atoms with van der Waals surface area (Å²) in [7, 11) is 0. The Hall–Kier alpha value is -2.02. The summed E-state index contributed by atoms with van der Waals surface area (Å²) in [5.41, 5.74) is 2.10. The lowest BCUT2D eigenvalue weighted by Gasteiger charge is -2.22. The molecule has 0 bridgehead atoms. The molecule has 7 heteroatoms. The molecular formula is C15H22N6O. The number of nitrogens with one attached hydrogen (secondary N) is 3. The molecule has 7 nitrogen and oxygen atoms in total. The van der Waals surface area contributed by atoms with Crippen LogP contribution in [0.15, 0.2) is 6.33 Å². The van der Waals surface area contributed by atoms with Gasteiger partial charge in [-0.1, -0.05) is 20.8 Å². The lowest BCUT2D eigenvalue weighted by atomic mass is 9.91. The molecule has 3 rings (SSSR count). The van der Waals surface area contributed by atoms with Crippen LogP contribution in [0.3, 0.4) is 0 Å². The predicted molar refractivity (Wildman–Crippen MR) is 84.6 cm³/mol. The highest BCUT2D eigenvalue weighted by Gasteiger charge is 2.25. The van der Waals surface area contributed by atoms with E-state index in [4.69, 9.17) is 0 Å². The van der Waals surface area contributed by atoms with E-state index in [1.54, 1.807) is 6.33 Å². The molecule has 0 saturated carbocycles. The van der Waals surface area contributed by atoms with Gasteiger partial charge in [0.15, 0.2) is 5.65 Å². The third-order valence-corrected chi connectivity index (χ3v) is 3.94. The second-order valence-electron chi connectivity index (χ2n) is 6.76. The quantitative estimate of drug-likeness (QED) is 0.783. The molecule has 3 heterocycles. The number of fused-ring (bicyclic) bond motifs is 1. The average molecular weight is 302 g/mol. The number of piperidine rings is 1. The Morgan fingerprint density at radius 2 is 2.00 bits per heavy atom. The van der Waals surface area contributed by atoms with E-state index in [1.165, 1.54) is 0 Å². The van der Waals surface area contributed by atoms with E-state index in [9.17, 15) is 4.79 Å². The molecule has 1 saturated heterocycles. The SMILES string of the molecule is CC(C)(C)c1nc(NC(=O)C2CCNCC2)nc2nc[nH]c12. The van der Waals surface area contributed by atoms with Crippen LogP contribution in [0, 0.1) is 5.92 Å². The number of hydrogen-bond donors (Lipinski definition) is 3. The van der Waals surface area contributed by atoms with Crippen molar-refractivity contribution in [2.45, 2.75) is 39.0 Å². The summed E-state index contributed by atoms with van der Waals surface area (Å²) in [5, 5.41) is 6.12. The monoisotopic (exact) mass is 302 g/mol. The Balaban J connectivity index is 1.89. The molecule has 0 aliphatic carbocycles. The van der Waals surface area contributed by atoms with Crippen LogP contribution >= 0.6 is 0 Å². The van der Waals surface area contributed by atoms with Crippen molar-refractivity contribution in [1.82, 2.24) is 25.3 Å². The molecule has 1 aliphatic rings. The first-order valence-electron chi connectivity index (χ1n) is 7.68. The number of hydrogen-bond acceptors (Lipinski definition) is 5. The molecule has 22 heavy (non-hydrogen) atoms. The van der Waals surface area contributed by atoms with Crippen molar-refractivity contribution in [2.75, 3.05) is 18.4 Å². The minimum Gasteiger partial charge on any atom is -0.342 e. The van der Waals surface area contributed by atoms with Crippen molar-refractivity contribution >= 4 is 23.0 Å². The summed E-state index contributed by atoms with van der Waals surface area (Å²) in [6.07, 6.45) is 3.30. The molecule has 0 unspecified atom stereocenters. The van der Waals surface area contributed by atoms with Gasteiger partial charge in [-0.3, -0.25) is 10.1 Å². The Bertz CT molecular complexity index is 681. The van der Waals surface area contributed by atoms with Crippen LogP contribution in [0.5, 0.6) is 0 Å². The highest BCUT2D eigenvalue weighted by Crippen LogP contribution is 2.27. The molecule has 0 radical (unpaired) electrons. The molecule has 0 spiro atoms. The maximum atomic E-state index is 12.4. The average Bonchev–Trinajstić information content (AvgIpc) is 2.94. The highest BCUT2D eigenvalue weighted by atomic mass is 16.2. The third kappa shape index (κ3) is 2.94. The number of aromatic nitrogens is 4. The van der Waals surface area contributed by atoms with Gasteiger partial charge >= 0.3 is 0 Å². The summed E-state index contributed by atoms with van der Waals surface area (Å²) in [6.45, 7) is 7.99. The number of carbonyl (C=O) groups is 1. The molecule has 1 amide bonds. The molecule has 0 atom stereocenters. The Morgan fingerprint density at radius 1 is 1.27 bits per heavy atom. The van der Waals surface area contributed by atoms with E-state index in [2.05, 4.69) is 51.3 Å². The zero-order valence-electron chi connectivity index (χ0n) is 13.2. The second kappa shape index (κ2) is 5.64. The van der Waals surface area contributed by atoms with Crippen LogP contribution in [0.25, 0.3) is 11.2 Å². The zero-order chi connectivity index (χ0) is 15.7. The smallest absolute Gasteiger partial charge is 0.231 e. The Kier molecular flexibility index (Phi) is 3.82. The van der Waals surface area contributed by atoms with Gasteiger partial charge in [-0.2, -0.15) is 4.98 Å². The van der Waals surface area contributed by atoms with Gasteiger partial charge in [-0.25, -0.2) is 9.97 Å². The van der Waals surface area contributed by atoms with E-state index in [0.29, 0.717) is 11.6 Å². The minimum absolute atomic E-state index is 0.00348. The molecule has 1 fully saturated rings. The van der Waals surface area contributed by atoms with Crippen molar-refractivity contribution in [2.24, 2.45) is 5.92 Å². The summed E-state index contributed by atoms with van der Waals surface area (Å²) in [6, 6.07) is 0. The van der Waals surface area contributed by atoms with Crippen LogP contribution in [0.4, 0.5) is 5.95 Å². The lowest BCUT2D eigenvalue weighted by molar-refractivity contribution is -0.120. The molecule has 2 aromatic rings. The van der Waals surface area contributed by atoms with Crippen LogP contribution in [-0.4, -0.2) is 38.9 Å². The van der Waals surface area contributed by atoms with E-state index < -0.39 is 0 Å². The van der Waals surface area contributed by atoms with E-state index in [-0.39, 0.29) is 17.2 Å². The van der Waals surface area contributed by atoms with Crippen LogP contribution < -0.4 is 10.6 Å². The Morgan fingerprint density at radius 3 is 2.68 bits per heavy atom.